The SMILES string of the molecule is [N-]=[N+]=Nc1ccc(Br)cc1N1CCCC1. The fraction of sp³-hybridized carbons (Fsp3) is 0.400. The van der Waals surface area contributed by atoms with Crippen molar-refractivity contribution in [1.82, 2.24) is 0 Å². The lowest BCUT2D eigenvalue weighted by molar-refractivity contribution is 0.949. The van der Waals surface area contributed by atoms with Crippen molar-refractivity contribution in [2.45, 2.75) is 12.8 Å². The Hall–Kier alpha value is -1.19. The van der Waals surface area contributed by atoms with E-state index in [1.807, 2.05) is 18.2 Å². The first kappa shape index (κ1) is 10.3. The van der Waals surface area contributed by atoms with Crippen LogP contribution in [0.5, 0.6) is 0 Å². The summed E-state index contributed by atoms with van der Waals surface area (Å²) in [5, 5.41) is 3.71. The number of hydrogen-bond donors (Lipinski definition) is 0. The van der Waals surface area contributed by atoms with Gasteiger partial charge in [0, 0.05) is 28.2 Å². The van der Waals surface area contributed by atoms with Gasteiger partial charge in [0.15, 0.2) is 0 Å². The first-order valence-electron chi connectivity index (χ1n) is 4.91. The predicted octanol–water partition coefficient (Wildman–Crippen LogP) is 3.99. The third kappa shape index (κ3) is 2.25. The van der Waals surface area contributed by atoms with Crippen LogP contribution in [0.2, 0.25) is 0 Å². The van der Waals surface area contributed by atoms with E-state index in [1.165, 1.54) is 12.8 Å². The van der Waals surface area contributed by atoms with E-state index >= 15 is 0 Å². The van der Waals surface area contributed by atoms with Gasteiger partial charge >= 0.3 is 0 Å². The number of rotatable bonds is 2. The molecule has 1 aromatic rings. The molecule has 1 fully saturated rings. The largest absolute Gasteiger partial charge is 0.371 e. The first-order valence-corrected chi connectivity index (χ1v) is 5.70. The molecule has 4 nitrogen and oxygen atoms in total. The monoisotopic (exact) mass is 266 g/mol. The molecule has 1 aromatic carbocycles. The van der Waals surface area contributed by atoms with Crippen LogP contribution >= 0.6 is 15.9 Å². The van der Waals surface area contributed by atoms with E-state index in [1.54, 1.807) is 0 Å². The second-order valence-electron chi connectivity index (χ2n) is 3.52. The number of azide groups is 1. The number of anilines is 1. The lowest BCUT2D eigenvalue weighted by Crippen LogP contribution is -2.17. The molecule has 1 heterocycles. The summed E-state index contributed by atoms with van der Waals surface area (Å²) in [4.78, 5) is 5.11. The fourth-order valence-corrected chi connectivity index (χ4v) is 2.19. The third-order valence-corrected chi connectivity index (χ3v) is 3.03. The Kier molecular flexibility index (Phi) is 3.14. The van der Waals surface area contributed by atoms with Crippen molar-refractivity contribution in [3.05, 3.63) is 33.1 Å². The molecule has 0 unspecified atom stereocenters. The van der Waals surface area contributed by atoms with Crippen LogP contribution in [0.3, 0.4) is 0 Å². The van der Waals surface area contributed by atoms with Gasteiger partial charge in [0.2, 0.25) is 0 Å². The summed E-state index contributed by atoms with van der Waals surface area (Å²) in [7, 11) is 0. The van der Waals surface area contributed by atoms with E-state index in [0.717, 1.165) is 23.2 Å². The highest BCUT2D eigenvalue weighted by Gasteiger charge is 2.15. The highest BCUT2D eigenvalue weighted by molar-refractivity contribution is 9.10. The number of benzene rings is 1. The van der Waals surface area contributed by atoms with Crippen LogP contribution in [0.25, 0.3) is 10.4 Å². The lowest BCUT2D eigenvalue weighted by Gasteiger charge is -2.19. The van der Waals surface area contributed by atoms with Gasteiger partial charge in [-0.2, -0.15) is 0 Å². The smallest absolute Gasteiger partial charge is 0.0609 e. The first-order chi connectivity index (χ1) is 7.31. The molecule has 0 spiro atoms. The van der Waals surface area contributed by atoms with Crippen molar-refractivity contribution in [2.24, 2.45) is 5.11 Å². The van der Waals surface area contributed by atoms with Gasteiger partial charge in [-0.05, 0) is 36.6 Å². The van der Waals surface area contributed by atoms with E-state index in [0.29, 0.717) is 5.69 Å². The molecule has 15 heavy (non-hydrogen) atoms. The quantitative estimate of drug-likeness (QED) is 0.454. The van der Waals surface area contributed by atoms with E-state index < -0.39 is 0 Å². The summed E-state index contributed by atoms with van der Waals surface area (Å²) in [6, 6.07) is 5.75. The summed E-state index contributed by atoms with van der Waals surface area (Å²) in [5.74, 6) is 0. The van der Waals surface area contributed by atoms with Crippen molar-refractivity contribution in [1.29, 1.82) is 0 Å². The number of halogens is 1. The standard InChI is InChI=1S/C10H11BrN4/c11-8-3-4-9(13-14-12)10(7-8)15-5-1-2-6-15/h3-4,7H,1-2,5-6H2. The van der Waals surface area contributed by atoms with Crippen LogP contribution in [0.1, 0.15) is 12.8 Å². The van der Waals surface area contributed by atoms with Gasteiger partial charge in [-0.15, -0.1) is 0 Å². The summed E-state index contributed by atoms with van der Waals surface area (Å²) in [6.45, 7) is 2.09. The van der Waals surface area contributed by atoms with Crippen molar-refractivity contribution in [2.75, 3.05) is 18.0 Å². The molecule has 5 heteroatoms. The molecule has 1 saturated heterocycles. The second-order valence-corrected chi connectivity index (χ2v) is 4.43. The van der Waals surface area contributed by atoms with Gasteiger partial charge in [-0.3, -0.25) is 0 Å². The molecular formula is C10H11BrN4. The molecule has 78 valence electrons. The Balaban J connectivity index is 2.41. The van der Waals surface area contributed by atoms with Crippen molar-refractivity contribution in [3.8, 4) is 0 Å². The Labute approximate surface area is 96.6 Å². The summed E-state index contributed by atoms with van der Waals surface area (Å²) < 4.78 is 1.02. The minimum Gasteiger partial charge on any atom is -0.371 e. The zero-order valence-corrected chi connectivity index (χ0v) is 9.81. The molecular weight excluding hydrogens is 256 g/mol. The molecule has 1 aliphatic rings. The van der Waals surface area contributed by atoms with Gasteiger partial charge in [0.05, 0.1) is 5.69 Å². The maximum atomic E-state index is 8.48. The maximum absolute atomic E-state index is 8.48. The van der Waals surface area contributed by atoms with Crippen molar-refractivity contribution < 1.29 is 0 Å². The Morgan fingerprint density at radius 2 is 2.07 bits per heavy atom. The predicted molar refractivity (Wildman–Crippen MR) is 64.4 cm³/mol. The fourth-order valence-electron chi connectivity index (χ4n) is 1.84. The highest BCUT2D eigenvalue weighted by Crippen LogP contribution is 2.33. The number of nitrogens with zero attached hydrogens (tertiary/aromatic N) is 4. The molecule has 0 saturated carbocycles. The molecule has 2 rings (SSSR count). The molecule has 0 amide bonds. The molecule has 0 bridgehead atoms. The molecule has 0 N–H and O–H groups in total. The van der Waals surface area contributed by atoms with Crippen LogP contribution in [0, 0.1) is 0 Å². The van der Waals surface area contributed by atoms with E-state index in [4.69, 9.17) is 5.53 Å². The van der Waals surface area contributed by atoms with Gasteiger partial charge in [-0.1, -0.05) is 21.0 Å². The zero-order chi connectivity index (χ0) is 10.7. The summed E-state index contributed by atoms with van der Waals surface area (Å²) in [5.41, 5.74) is 10.2. The Bertz CT molecular complexity index is 406. The maximum Gasteiger partial charge on any atom is 0.0609 e. The highest BCUT2D eigenvalue weighted by atomic mass is 79.9. The van der Waals surface area contributed by atoms with Gasteiger partial charge in [0.25, 0.3) is 0 Å². The van der Waals surface area contributed by atoms with Gasteiger partial charge in [-0.25, -0.2) is 0 Å². The van der Waals surface area contributed by atoms with E-state index in [9.17, 15) is 0 Å². The van der Waals surface area contributed by atoms with Crippen LogP contribution < -0.4 is 4.90 Å². The average molecular weight is 267 g/mol. The van der Waals surface area contributed by atoms with Crippen molar-refractivity contribution >= 4 is 27.3 Å². The van der Waals surface area contributed by atoms with Gasteiger partial charge in [0.1, 0.15) is 0 Å². The van der Waals surface area contributed by atoms with Crippen LogP contribution in [-0.4, -0.2) is 13.1 Å². The van der Waals surface area contributed by atoms with Crippen LogP contribution in [-0.2, 0) is 0 Å². The third-order valence-electron chi connectivity index (χ3n) is 2.54. The molecule has 0 aliphatic carbocycles. The lowest BCUT2D eigenvalue weighted by atomic mass is 10.2. The van der Waals surface area contributed by atoms with E-state index in [2.05, 4.69) is 30.9 Å². The molecule has 0 atom stereocenters. The minimum atomic E-state index is 0.711. The van der Waals surface area contributed by atoms with Crippen molar-refractivity contribution in [3.63, 3.8) is 0 Å². The Morgan fingerprint density at radius 3 is 2.73 bits per heavy atom. The normalized spacial score (nSPS) is 15.1. The average Bonchev–Trinajstić information content (AvgIpc) is 2.74. The Morgan fingerprint density at radius 1 is 1.33 bits per heavy atom. The topological polar surface area (TPSA) is 52.0 Å². The summed E-state index contributed by atoms with van der Waals surface area (Å²) >= 11 is 3.43. The van der Waals surface area contributed by atoms with Crippen LogP contribution in [0.15, 0.2) is 27.8 Å². The second kappa shape index (κ2) is 4.55. The van der Waals surface area contributed by atoms with E-state index in [-0.39, 0.29) is 0 Å². The van der Waals surface area contributed by atoms with Gasteiger partial charge < -0.3 is 4.90 Å². The minimum absolute atomic E-state index is 0.711. The number of hydrogen-bond acceptors (Lipinski definition) is 2. The van der Waals surface area contributed by atoms with Crippen LogP contribution in [0.4, 0.5) is 11.4 Å². The summed E-state index contributed by atoms with van der Waals surface area (Å²) in [6.07, 6.45) is 2.42. The molecule has 1 aliphatic heterocycles. The molecule has 0 aromatic heterocycles. The zero-order valence-electron chi connectivity index (χ0n) is 8.23. The molecule has 0 radical (unpaired) electrons.